The summed E-state index contributed by atoms with van der Waals surface area (Å²) in [5.74, 6) is -0.123. The van der Waals surface area contributed by atoms with Gasteiger partial charge in [0.15, 0.2) is 48.0 Å². The average Bonchev–Trinajstić information content (AvgIpc) is 4.43. The molecule has 0 unspecified atom stereocenters. The first kappa shape index (κ1) is 72.4. The van der Waals surface area contributed by atoms with E-state index in [1.165, 1.54) is 28.4 Å². The fourth-order valence-corrected chi connectivity index (χ4v) is 5.35. The Morgan fingerprint density at radius 2 is 1.32 bits per heavy atom. The number of hydrogen-bond acceptors (Lipinski definition) is 20. The number of likely N-dealkylation sites (tertiary alicyclic amines) is 1. The van der Waals surface area contributed by atoms with Crippen molar-refractivity contribution in [2.24, 2.45) is 0 Å². The molecule has 1 aliphatic rings. The van der Waals surface area contributed by atoms with Gasteiger partial charge in [0.05, 0.1) is 36.3 Å². The number of nitrogens with zero attached hydrogens (tertiary/aromatic N) is 11. The van der Waals surface area contributed by atoms with Gasteiger partial charge < -0.3 is 44.3 Å². The number of fused-ring (bicyclic) bond motifs is 1. The van der Waals surface area contributed by atoms with E-state index in [0.29, 0.717) is 6.54 Å². The van der Waals surface area contributed by atoms with Crippen LogP contribution in [0.2, 0.25) is 1.41 Å². The zero-order valence-electron chi connectivity index (χ0n) is 44.4. The maximum atomic E-state index is 10.7. The number of H-pyrrole nitrogens is 3. The van der Waals surface area contributed by atoms with Gasteiger partial charge in [-0.15, -0.1) is 17.4 Å². The van der Waals surface area contributed by atoms with Gasteiger partial charge in [0.25, 0.3) is 5.82 Å². The van der Waals surface area contributed by atoms with Crippen LogP contribution in [-0.4, -0.2) is 143 Å². The van der Waals surface area contributed by atoms with Crippen LogP contribution in [-0.2, 0) is 30.4 Å². The van der Waals surface area contributed by atoms with Crippen LogP contribution >= 0.6 is 55.7 Å². The van der Waals surface area contributed by atoms with Crippen LogP contribution in [0.15, 0.2) is 123 Å². The molecule has 1 saturated heterocycles. The summed E-state index contributed by atoms with van der Waals surface area (Å²) in [4.78, 5) is 36.7. The summed E-state index contributed by atoms with van der Waals surface area (Å²) in [5, 5.41) is 31.6. The average molecular weight is 1470 g/mol. The summed E-state index contributed by atoms with van der Waals surface area (Å²) in [6.45, 7) is 9.40. The Kier molecular flexibility index (Phi) is 37.0. The van der Waals surface area contributed by atoms with E-state index in [9.17, 15) is 49.6 Å². The number of imidazole rings is 3. The minimum absolute atomic E-state index is 0.157. The number of benzene rings is 3. The van der Waals surface area contributed by atoms with Gasteiger partial charge in [-0.05, 0) is 56.5 Å². The van der Waals surface area contributed by atoms with Crippen molar-refractivity contribution in [1.82, 2.24) is 55.7 Å². The fourth-order valence-electron chi connectivity index (χ4n) is 4.21. The molecule has 0 bridgehead atoms. The second kappa shape index (κ2) is 41.4. The molecular weight excluding hydrogens is 1420 g/mol. The molecule has 1 fully saturated rings. The summed E-state index contributed by atoms with van der Waals surface area (Å²) in [6, 6.07) is 32.0. The van der Waals surface area contributed by atoms with Gasteiger partial charge in [-0.1, -0.05) is 47.0 Å². The van der Waals surface area contributed by atoms with Gasteiger partial charge in [-0.2, -0.15) is 72.4 Å². The quantitative estimate of drug-likeness (QED) is 0.0125. The summed E-state index contributed by atoms with van der Waals surface area (Å²) in [5.41, 5.74) is -12.3. The predicted octanol–water partition coefficient (Wildman–Crippen LogP) is 7.75. The van der Waals surface area contributed by atoms with Crippen molar-refractivity contribution in [3.05, 3.63) is 153 Å². The second-order valence-electron chi connectivity index (χ2n) is 12.9. The maximum absolute atomic E-state index is 10.7. The Hall–Kier alpha value is -6.61. The molecule has 6 N–H and O–H groups in total. The Morgan fingerprint density at radius 1 is 0.864 bits per heavy atom. The van der Waals surface area contributed by atoms with Crippen LogP contribution in [0.5, 0.6) is 0 Å². The van der Waals surface area contributed by atoms with Gasteiger partial charge in [-0.25, -0.2) is 40.2 Å². The third-order valence-corrected chi connectivity index (χ3v) is 11.3. The summed E-state index contributed by atoms with van der Waals surface area (Å²) < 4.78 is 204. The number of rotatable bonds is 4. The van der Waals surface area contributed by atoms with Gasteiger partial charge in [0, 0.05) is 18.1 Å². The van der Waals surface area contributed by atoms with E-state index in [1.807, 2.05) is 123 Å². The molecule has 7 aromatic rings. The summed E-state index contributed by atoms with van der Waals surface area (Å²) in [7, 11) is -18.3. The molecule has 0 aliphatic carbocycles. The predicted molar refractivity (Wildman–Crippen MR) is 291 cm³/mol. The van der Waals surface area contributed by atoms with Crippen molar-refractivity contribution >= 4 is 115 Å². The van der Waals surface area contributed by atoms with Gasteiger partial charge in [0.2, 0.25) is 6.33 Å². The van der Waals surface area contributed by atoms with Crippen LogP contribution in [0.1, 0.15) is 18.5 Å². The van der Waals surface area contributed by atoms with Crippen LogP contribution in [0.3, 0.4) is 0 Å². The van der Waals surface area contributed by atoms with Crippen LogP contribution in [0.25, 0.3) is 21.6 Å². The SMILES string of the molecule is N#CCN1CCCC1.O=S(=O)([O-])C(F)(F)F.O=S(=O)([O-])C(F)(F)F.O=S(=O)([O-])C(F)(F)F.O=[N+]([O-])c1ncn[nH]1.[2H]Cl.[3H]I(C)c1ccccc1.[3H]N.[3H][B]I.[C-]#[N+]c1[nH]cnc1C#N.c1ccc(-n2ccnc2)cc1.c1ccc2[nH]cnc2c1. The van der Waals surface area contributed by atoms with E-state index in [2.05, 4.69) is 74.4 Å². The van der Waals surface area contributed by atoms with E-state index >= 15 is 0 Å². The summed E-state index contributed by atoms with van der Waals surface area (Å²) in [6.07, 6.45) is 15.9. The van der Waals surface area contributed by atoms with E-state index < -0.39 is 72.8 Å². The standard InChI is InChI=1S/C9H8N2.C7H9I.C7H6N2.C6H10N2.C5H2N4.C2H2N4O2.3CHF3O3S.BHI.ClH.H3N/c1-2-4-9(5-3-1)11-7-6-10-8-11;1-8-7-5-3-2-4-6-7;1-2-4-7-6(3-1)8-5-9-7;7-3-6-8-4-1-2-5-8;1-7-5-4(2-6)8-3-9-5;7-6(8)2-3-1-4-5-2;3*2-1(3,4)8(5,6)7;1-2;;/h1-8H;2-6,8H,1H3;1-5H,(H,8,9);1-2,4-6H2;3H,(H,8,9);1H,(H,3,4,5);3*(H,5,6,7);1H;1H;1H3/p-3/i;8T;;;;;;;;1T;;/hTD. The molecule has 0 atom stereocenters. The van der Waals surface area contributed by atoms with E-state index in [1.54, 1.807) is 24.9 Å². The summed E-state index contributed by atoms with van der Waals surface area (Å²) >= 11 is 4.29. The second-order valence-corrected chi connectivity index (χ2v) is 19.4. The monoisotopic (exact) mass is 1470 g/mol. The van der Waals surface area contributed by atoms with E-state index in [4.69, 9.17) is 60.5 Å². The normalized spacial score (nSPS) is 12.0. The van der Waals surface area contributed by atoms with Gasteiger partial charge in [-0.3, -0.25) is 9.88 Å². The number of alkyl halides is 10. The number of aromatic nitrogens is 9. The molecule has 1 radical (unpaired) electrons. The van der Waals surface area contributed by atoms with E-state index in [-0.39, 0.29) is 17.5 Å². The van der Waals surface area contributed by atoms with Gasteiger partial charge in [0.1, 0.15) is 8.65 Å². The van der Waals surface area contributed by atoms with Gasteiger partial charge >= 0.3 is 82.9 Å². The Morgan fingerprint density at radius 3 is 1.65 bits per heavy atom. The number of para-hydroxylation sites is 3. The number of aromatic amines is 3. The molecular formula is C39H42BClF9I2N15O11S3-3. The molecule has 8 rings (SSSR count). The van der Waals surface area contributed by atoms with Crippen LogP contribution in [0.4, 0.5) is 51.3 Å². The Balaban J connectivity index is -0.000000429. The third-order valence-electron chi connectivity index (χ3n) is 7.59. The first-order valence-electron chi connectivity index (χ1n) is 21.8. The Bertz CT molecular complexity index is 3180. The van der Waals surface area contributed by atoms with Crippen LogP contribution < -0.4 is 6.14 Å². The first-order valence-corrected chi connectivity index (χ1v) is 28.6. The van der Waals surface area contributed by atoms with E-state index in [0.717, 1.165) is 36.1 Å². The largest absolute Gasteiger partial charge is 0.361 e. The van der Waals surface area contributed by atoms with Crippen molar-refractivity contribution < 1.29 is 84.8 Å². The number of nitriles is 2. The molecule has 447 valence electrons. The number of halogens is 12. The van der Waals surface area contributed by atoms with Crippen molar-refractivity contribution in [3.8, 4) is 17.8 Å². The van der Waals surface area contributed by atoms with Crippen molar-refractivity contribution in [2.75, 3.05) is 24.6 Å². The molecule has 5 heterocycles. The van der Waals surface area contributed by atoms with Crippen LogP contribution in [0, 0.1) is 42.9 Å². The molecule has 0 amide bonds. The minimum atomic E-state index is -6.09. The maximum Gasteiger partial charge on any atom is 0.265 e. The molecule has 0 spiro atoms. The Labute approximate surface area is 490 Å². The zero-order chi connectivity index (χ0) is 66.5. The molecule has 4 aromatic heterocycles. The van der Waals surface area contributed by atoms with Crippen molar-refractivity contribution in [2.45, 2.75) is 29.4 Å². The van der Waals surface area contributed by atoms with Crippen molar-refractivity contribution in [3.63, 3.8) is 0 Å². The molecule has 42 heteroatoms. The molecule has 26 nitrogen and oxygen atoms in total. The number of nitrogens with one attached hydrogen (secondary N) is 3. The fraction of sp³-hybridized carbons (Fsp3) is 0.231. The molecule has 3 aromatic carbocycles. The molecule has 0 saturated carbocycles. The topological polar surface area (TPSA) is 422 Å². The molecule has 81 heavy (non-hydrogen) atoms. The zero-order valence-corrected chi connectivity index (χ0v) is 47.9. The number of hydrogen-bond donors (Lipinski definition) is 4. The van der Waals surface area contributed by atoms with Crippen molar-refractivity contribution in [1.29, 1.82) is 13.6 Å². The molecule has 1 aliphatic heterocycles. The third kappa shape index (κ3) is 36.4. The first-order chi connectivity index (χ1) is 39.5. The minimum Gasteiger partial charge on any atom is -0.361 e. The number of nitro groups is 1. The smallest absolute Gasteiger partial charge is 0.265 e.